The lowest BCUT2D eigenvalue weighted by Crippen LogP contribution is -2.20. The summed E-state index contributed by atoms with van der Waals surface area (Å²) in [4.78, 5) is -0.768. The fourth-order valence-corrected chi connectivity index (χ4v) is 3.28. The molecule has 3 aromatic rings. The minimum absolute atomic E-state index is 0.0763. The molecule has 0 amide bonds. The first-order valence-electron chi connectivity index (χ1n) is 7.11. The summed E-state index contributed by atoms with van der Waals surface area (Å²) in [7, 11) is -4.54. The Balaban J connectivity index is 2.42. The van der Waals surface area contributed by atoms with Crippen molar-refractivity contribution < 1.29 is 26.0 Å². The van der Waals surface area contributed by atoms with E-state index >= 15 is 0 Å². The number of hydrogen-bond acceptors (Lipinski definition) is 3. The first-order valence-corrected chi connectivity index (χ1v) is 8.66. The molecule has 3 rings (SSSR count). The highest BCUT2D eigenvalue weighted by atomic mass is 32.2. The quantitative estimate of drug-likeness (QED) is 0.703. The van der Waals surface area contributed by atoms with Crippen molar-refractivity contribution in [2.45, 2.75) is 11.1 Å². The van der Waals surface area contributed by atoms with Crippen LogP contribution >= 0.6 is 0 Å². The summed E-state index contributed by atoms with van der Waals surface area (Å²) >= 11 is 0. The molecule has 0 aliphatic rings. The molecule has 136 valence electrons. The second-order valence-electron chi connectivity index (χ2n) is 5.37. The molecule has 0 spiro atoms. The van der Waals surface area contributed by atoms with Crippen molar-refractivity contribution in [3.8, 4) is 16.8 Å². The molecule has 0 atom stereocenters. The number of sulfonamides is 1. The Morgan fingerprint density at radius 1 is 1.04 bits per heavy atom. The van der Waals surface area contributed by atoms with Gasteiger partial charge in [0.1, 0.15) is 10.7 Å². The van der Waals surface area contributed by atoms with Crippen LogP contribution in [0.15, 0.2) is 59.8 Å². The van der Waals surface area contributed by atoms with Crippen LogP contribution in [0.1, 0.15) is 5.56 Å². The average molecular weight is 385 g/mol. The van der Waals surface area contributed by atoms with E-state index in [-0.39, 0.29) is 11.1 Å². The Kier molecular flexibility index (Phi) is 4.32. The summed E-state index contributed by atoms with van der Waals surface area (Å²) in [5.74, 6) is -0.677. The van der Waals surface area contributed by atoms with Crippen LogP contribution < -0.4 is 5.14 Å². The zero-order valence-corrected chi connectivity index (χ0v) is 13.7. The van der Waals surface area contributed by atoms with Crippen LogP contribution in [0.5, 0.6) is 0 Å². The molecule has 0 aliphatic carbocycles. The minimum atomic E-state index is -4.90. The number of benzene rings is 2. The standard InChI is InChI=1S/C16H11F4N3O2S/c17-12-4-1-3-10(7-12)11-8-13(16(18,19)20)15(23-6-2-5-22-23)14(9-11)26(21,24)25/h1-9H,(H2,21,24,25). The Labute approximate surface area is 145 Å². The van der Waals surface area contributed by atoms with Crippen LogP contribution in [0.4, 0.5) is 17.6 Å². The monoisotopic (exact) mass is 385 g/mol. The Bertz CT molecular complexity index is 1060. The van der Waals surface area contributed by atoms with Gasteiger partial charge in [0.2, 0.25) is 10.0 Å². The fraction of sp³-hybridized carbons (Fsp3) is 0.0625. The van der Waals surface area contributed by atoms with Crippen molar-refractivity contribution in [2.75, 3.05) is 0 Å². The predicted octanol–water partition coefficient (Wildman–Crippen LogP) is 3.34. The largest absolute Gasteiger partial charge is 0.418 e. The van der Waals surface area contributed by atoms with Crippen molar-refractivity contribution >= 4 is 10.0 Å². The highest BCUT2D eigenvalue weighted by Gasteiger charge is 2.37. The topological polar surface area (TPSA) is 78.0 Å². The van der Waals surface area contributed by atoms with Crippen LogP contribution in [0.3, 0.4) is 0 Å². The van der Waals surface area contributed by atoms with Gasteiger partial charge in [0.25, 0.3) is 0 Å². The van der Waals surface area contributed by atoms with Crippen LogP contribution in [0, 0.1) is 5.82 Å². The highest BCUT2D eigenvalue weighted by molar-refractivity contribution is 7.89. The van der Waals surface area contributed by atoms with Gasteiger partial charge in [0.15, 0.2) is 0 Å². The molecule has 0 fully saturated rings. The van der Waals surface area contributed by atoms with Gasteiger partial charge in [-0.15, -0.1) is 0 Å². The summed E-state index contributed by atoms with van der Waals surface area (Å²) in [6.45, 7) is 0. The zero-order chi connectivity index (χ0) is 19.1. The molecule has 2 aromatic carbocycles. The van der Waals surface area contributed by atoms with Crippen LogP contribution in [-0.4, -0.2) is 18.2 Å². The van der Waals surface area contributed by atoms with E-state index in [1.165, 1.54) is 30.6 Å². The van der Waals surface area contributed by atoms with Gasteiger partial charge in [-0.05, 0) is 41.5 Å². The molecule has 1 heterocycles. The van der Waals surface area contributed by atoms with E-state index in [9.17, 15) is 26.0 Å². The van der Waals surface area contributed by atoms with Gasteiger partial charge in [0, 0.05) is 12.4 Å². The number of nitrogens with zero attached hydrogens (tertiary/aromatic N) is 2. The number of hydrogen-bond donors (Lipinski definition) is 1. The summed E-state index contributed by atoms with van der Waals surface area (Å²) in [5.41, 5.74) is -2.04. The van der Waals surface area contributed by atoms with Gasteiger partial charge in [-0.3, -0.25) is 0 Å². The summed E-state index contributed by atoms with van der Waals surface area (Å²) in [6, 6.07) is 7.82. The molecule has 0 saturated carbocycles. The number of primary sulfonamides is 1. The van der Waals surface area contributed by atoms with E-state index in [0.717, 1.165) is 28.9 Å². The summed E-state index contributed by atoms with van der Waals surface area (Å²) < 4.78 is 79.1. The average Bonchev–Trinajstić information content (AvgIpc) is 3.06. The SMILES string of the molecule is NS(=O)(=O)c1cc(-c2cccc(F)c2)cc(C(F)(F)F)c1-n1cccn1. The van der Waals surface area contributed by atoms with Crippen molar-refractivity contribution in [3.05, 3.63) is 66.2 Å². The number of halogens is 4. The predicted molar refractivity (Wildman–Crippen MR) is 85.3 cm³/mol. The van der Waals surface area contributed by atoms with Crippen LogP contribution in [-0.2, 0) is 16.2 Å². The van der Waals surface area contributed by atoms with Gasteiger partial charge in [-0.2, -0.15) is 18.3 Å². The van der Waals surface area contributed by atoms with Crippen LogP contribution in [0.25, 0.3) is 16.8 Å². The molecule has 0 aliphatic heterocycles. The Hall–Kier alpha value is -2.72. The first-order chi connectivity index (χ1) is 12.1. The molecule has 2 N–H and O–H groups in total. The van der Waals surface area contributed by atoms with E-state index in [1.54, 1.807) is 0 Å². The molecule has 0 saturated heterocycles. The molecule has 1 aromatic heterocycles. The lowest BCUT2D eigenvalue weighted by molar-refractivity contribution is -0.137. The Morgan fingerprint density at radius 3 is 2.31 bits per heavy atom. The maximum absolute atomic E-state index is 13.6. The van der Waals surface area contributed by atoms with Gasteiger partial charge < -0.3 is 0 Å². The highest BCUT2D eigenvalue weighted by Crippen LogP contribution is 2.39. The molecule has 0 unspecified atom stereocenters. The van der Waals surface area contributed by atoms with Crippen molar-refractivity contribution in [1.29, 1.82) is 0 Å². The van der Waals surface area contributed by atoms with E-state index in [4.69, 9.17) is 5.14 Å². The number of rotatable bonds is 3. The van der Waals surface area contributed by atoms with E-state index < -0.39 is 38.2 Å². The van der Waals surface area contributed by atoms with E-state index in [0.29, 0.717) is 0 Å². The summed E-state index contributed by atoms with van der Waals surface area (Å²) in [6.07, 6.45) is -2.53. The van der Waals surface area contributed by atoms with E-state index in [2.05, 4.69) is 5.10 Å². The fourth-order valence-electron chi connectivity index (χ4n) is 2.51. The third-order valence-electron chi connectivity index (χ3n) is 3.58. The van der Waals surface area contributed by atoms with Gasteiger partial charge in [-0.25, -0.2) is 22.6 Å². The molecular formula is C16H11F4N3O2S. The van der Waals surface area contributed by atoms with Gasteiger partial charge in [0.05, 0.1) is 11.3 Å². The van der Waals surface area contributed by atoms with Crippen molar-refractivity contribution in [3.63, 3.8) is 0 Å². The van der Waals surface area contributed by atoms with Crippen molar-refractivity contribution in [1.82, 2.24) is 9.78 Å². The molecule has 5 nitrogen and oxygen atoms in total. The van der Waals surface area contributed by atoms with Gasteiger partial charge >= 0.3 is 6.18 Å². The molecule has 10 heteroatoms. The van der Waals surface area contributed by atoms with Crippen molar-refractivity contribution in [2.24, 2.45) is 5.14 Å². The Morgan fingerprint density at radius 2 is 1.77 bits per heavy atom. The second-order valence-corrected chi connectivity index (χ2v) is 6.90. The van der Waals surface area contributed by atoms with Gasteiger partial charge in [-0.1, -0.05) is 12.1 Å². The smallest absolute Gasteiger partial charge is 0.239 e. The van der Waals surface area contributed by atoms with E-state index in [1.807, 2.05) is 0 Å². The molecule has 26 heavy (non-hydrogen) atoms. The number of nitrogens with two attached hydrogens (primary N) is 1. The summed E-state index contributed by atoms with van der Waals surface area (Å²) in [5, 5.41) is 8.83. The molecule has 0 bridgehead atoms. The number of alkyl halides is 3. The third-order valence-corrected chi connectivity index (χ3v) is 4.50. The first kappa shape index (κ1) is 18.1. The van der Waals surface area contributed by atoms with Crippen LogP contribution in [0.2, 0.25) is 0 Å². The maximum atomic E-state index is 13.6. The lowest BCUT2D eigenvalue weighted by atomic mass is 10.0. The normalized spacial score (nSPS) is 12.3. The molecule has 0 radical (unpaired) electrons. The zero-order valence-electron chi connectivity index (χ0n) is 12.9. The molecular weight excluding hydrogens is 374 g/mol. The minimum Gasteiger partial charge on any atom is -0.239 e. The maximum Gasteiger partial charge on any atom is 0.418 e. The lowest BCUT2D eigenvalue weighted by Gasteiger charge is -2.18. The number of aromatic nitrogens is 2. The third kappa shape index (κ3) is 3.46. The second kappa shape index (κ2) is 6.22.